The molecule has 0 spiro atoms. The molecular formula is C26H27N3O4. The van der Waals surface area contributed by atoms with Crippen LogP contribution in [0.4, 0.5) is 0 Å². The molecule has 3 heterocycles. The molecule has 3 aromatic rings. The molecule has 1 saturated heterocycles. The first-order valence-corrected chi connectivity index (χ1v) is 11.2. The van der Waals surface area contributed by atoms with Crippen LogP contribution in [0.3, 0.4) is 0 Å². The Labute approximate surface area is 192 Å². The van der Waals surface area contributed by atoms with E-state index in [1.807, 2.05) is 45.0 Å². The Hall–Kier alpha value is -3.45. The molecule has 0 bridgehead atoms. The monoisotopic (exact) mass is 445 g/mol. The van der Waals surface area contributed by atoms with Crippen molar-refractivity contribution in [1.29, 1.82) is 0 Å². The van der Waals surface area contributed by atoms with Crippen LogP contribution in [0.25, 0.3) is 10.9 Å². The van der Waals surface area contributed by atoms with E-state index in [-0.39, 0.29) is 37.0 Å². The average Bonchev–Trinajstić information content (AvgIpc) is 3.17. The molecule has 5 rings (SSSR count). The molecule has 3 amide bonds. The van der Waals surface area contributed by atoms with Gasteiger partial charge in [0.05, 0.1) is 19.2 Å². The summed E-state index contributed by atoms with van der Waals surface area (Å²) >= 11 is 0. The molecule has 170 valence electrons. The summed E-state index contributed by atoms with van der Waals surface area (Å²) in [5.41, 5.74) is 4.59. The molecule has 0 N–H and O–H groups in total. The van der Waals surface area contributed by atoms with Crippen molar-refractivity contribution in [2.45, 2.75) is 39.5 Å². The van der Waals surface area contributed by atoms with Gasteiger partial charge in [0.25, 0.3) is 5.91 Å². The number of benzene rings is 2. The number of carbonyl (C=O) groups is 3. The fourth-order valence-electron chi connectivity index (χ4n) is 4.82. The summed E-state index contributed by atoms with van der Waals surface area (Å²) in [6, 6.07) is 15.4. The van der Waals surface area contributed by atoms with Crippen molar-refractivity contribution < 1.29 is 19.1 Å². The fourth-order valence-corrected chi connectivity index (χ4v) is 4.82. The van der Waals surface area contributed by atoms with Gasteiger partial charge in [-0.1, -0.05) is 42.0 Å². The third kappa shape index (κ3) is 3.72. The molecule has 1 fully saturated rings. The number of nitrogens with zero attached hydrogens (tertiary/aromatic N) is 3. The quantitative estimate of drug-likeness (QED) is 0.581. The summed E-state index contributed by atoms with van der Waals surface area (Å²) in [5.74, 6) is -1.04. The summed E-state index contributed by atoms with van der Waals surface area (Å²) in [5, 5.41) is 0.903. The molecule has 2 atom stereocenters. The highest BCUT2D eigenvalue weighted by atomic mass is 16.5. The van der Waals surface area contributed by atoms with E-state index < -0.39 is 5.91 Å². The van der Waals surface area contributed by atoms with Crippen LogP contribution in [0.5, 0.6) is 0 Å². The summed E-state index contributed by atoms with van der Waals surface area (Å²) in [4.78, 5) is 42.1. The highest BCUT2D eigenvalue weighted by Gasteiger charge is 2.37. The second-order valence-electron chi connectivity index (χ2n) is 9.04. The Kier molecular flexibility index (Phi) is 5.29. The van der Waals surface area contributed by atoms with Crippen molar-refractivity contribution >= 4 is 28.6 Å². The minimum Gasteiger partial charge on any atom is -0.370 e. The maximum atomic E-state index is 13.3. The van der Waals surface area contributed by atoms with Gasteiger partial charge in [0, 0.05) is 10.9 Å². The Morgan fingerprint density at radius 1 is 1.09 bits per heavy atom. The van der Waals surface area contributed by atoms with Gasteiger partial charge in [-0.15, -0.1) is 0 Å². The van der Waals surface area contributed by atoms with E-state index in [4.69, 9.17) is 4.74 Å². The van der Waals surface area contributed by atoms with Gasteiger partial charge < -0.3 is 14.2 Å². The number of hydrogen-bond donors (Lipinski definition) is 0. The van der Waals surface area contributed by atoms with E-state index in [2.05, 4.69) is 18.2 Å². The zero-order valence-electron chi connectivity index (χ0n) is 19.1. The summed E-state index contributed by atoms with van der Waals surface area (Å²) < 4.78 is 7.79. The minimum absolute atomic E-state index is 0.0473. The van der Waals surface area contributed by atoms with Crippen molar-refractivity contribution in [2.75, 3.05) is 19.7 Å². The standard InChI is InChI=1S/C26H27N3O4/c1-16-8-9-17(2)20(10-16)23-12-27(18(3)15-33-23)24(30)14-29-25(31)13-28-21-7-5-4-6-19(21)11-22(28)26(29)32/h4-11,18,23H,12-15H2,1-3H3. The van der Waals surface area contributed by atoms with Crippen LogP contribution < -0.4 is 0 Å². The molecule has 1 aromatic heterocycles. The molecule has 2 aromatic carbocycles. The van der Waals surface area contributed by atoms with E-state index in [0.29, 0.717) is 18.8 Å². The smallest absolute Gasteiger partial charge is 0.277 e. The van der Waals surface area contributed by atoms with Gasteiger partial charge in [0.1, 0.15) is 24.9 Å². The van der Waals surface area contributed by atoms with Crippen molar-refractivity contribution in [3.05, 3.63) is 70.9 Å². The first kappa shape index (κ1) is 21.4. The number of para-hydroxylation sites is 1. The lowest BCUT2D eigenvalue weighted by molar-refractivity contribution is -0.148. The molecule has 2 aliphatic rings. The molecular weight excluding hydrogens is 418 g/mol. The lowest BCUT2D eigenvalue weighted by Crippen LogP contribution is -2.54. The van der Waals surface area contributed by atoms with Crippen LogP contribution in [-0.4, -0.2) is 57.8 Å². The van der Waals surface area contributed by atoms with E-state index in [0.717, 1.165) is 32.5 Å². The van der Waals surface area contributed by atoms with Crippen LogP contribution in [0, 0.1) is 13.8 Å². The fraction of sp³-hybridized carbons (Fsp3) is 0.346. The second-order valence-corrected chi connectivity index (χ2v) is 9.04. The highest BCUT2D eigenvalue weighted by molar-refractivity contribution is 6.11. The maximum absolute atomic E-state index is 13.3. The number of rotatable bonds is 3. The van der Waals surface area contributed by atoms with E-state index in [1.165, 1.54) is 0 Å². The first-order chi connectivity index (χ1) is 15.8. The molecule has 0 saturated carbocycles. The zero-order valence-corrected chi connectivity index (χ0v) is 19.1. The molecule has 33 heavy (non-hydrogen) atoms. The van der Waals surface area contributed by atoms with E-state index in [9.17, 15) is 14.4 Å². The number of aryl methyl sites for hydroxylation is 2. The molecule has 2 unspecified atom stereocenters. The summed E-state index contributed by atoms with van der Waals surface area (Å²) in [7, 11) is 0. The topological polar surface area (TPSA) is 71.9 Å². The van der Waals surface area contributed by atoms with Crippen LogP contribution in [0.2, 0.25) is 0 Å². The van der Waals surface area contributed by atoms with E-state index in [1.54, 1.807) is 15.5 Å². The van der Waals surface area contributed by atoms with Gasteiger partial charge in [-0.3, -0.25) is 19.3 Å². The molecule has 0 aliphatic carbocycles. The molecule has 2 aliphatic heterocycles. The average molecular weight is 446 g/mol. The van der Waals surface area contributed by atoms with Crippen molar-refractivity contribution in [3.63, 3.8) is 0 Å². The normalized spacial score (nSPS) is 20.9. The Morgan fingerprint density at radius 3 is 2.70 bits per heavy atom. The maximum Gasteiger partial charge on any atom is 0.277 e. The lowest BCUT2D eigenvalue weighted by Gasteiger charge is -2.39. The predicted molar refractivity (Wildman–Crippen MR) is 124 cm³/mol. The number of amides is 3. The summed E-state index contributed by atoms with van der Waals surface area (Å²) in [6.45, 7) is 6.57. The molecule has 0 radical (unpaired) electrons. The third-order valence-corrected chi connectivity index (χ3v) is 6.70. The highest BCUT2D eigenvalue weighted by Crippen LogP contribution is 2.29. The SMILES string of the molecule is Cc1ccc(C)c(C2CN(C(=O)CN3C(=O)Cn4c(cc5ccccc54)C3=O)C(C)CO2)c1. The predicted octanol–water partition coefficient (Wildman–Crippen LogP) is 3.23. The van der Waals surface area contributed by atoms with Crippen molar-refractivity contribution in [3.8, 4) is 0 Å². The molecule has 7 nitrogen and oxygen atoms in total. The minimum atomic E-state index is -0.428. The Morgan fingerprint density at radius 2 is 1.88 bits per heavy atom. The van der Waals surface area contributed by atoms with Gasteiger partial charge in [-0.05, 0) is 44.0 Å². The number of imide groups is 1. The second kappa shape index (κ2) is 8.15. The van der Waals surface area contributed by atoms with Gasteiger partial charge in [0.15, 0.2) is 0 Å². The number of aromatic nitrogens is 1. The lowest BCUT2D eigenvalue weighted by atomic mass is 9.99. The van der Waals surface area contributed by atoms with Crippen LogP contribution >= 0.6 is 0 Å². The number of fused-ring (bicyclic) bond motifs is 3. The number of hydrogen-bond acceptors (Lipinski definition) is 4. The largest absolute Gasteiger partial charge is 0.370 e. The van der Waals surface area contributed by atoms with Gasteiger partial charge in [-0.25, -0.2) is 0 Å². The van der Waals surface area contributed by atoms with Gasteiger partial charge in [0.2, 0.25) is 11.8 Å². The van der Waals surface area contributed by atoms with Crippen LogP contribution in [0.15, 0.2) is 48.5 Å². The van der Waals surface area contributed by atoms with Gasteiger partial charge in [-0.2, -0.15) is 0 Å². The first-order valence-electron chi connectivity index (χ1n) is 11.2. The van der Waals surface area contributed by atoms with E-state index >= 15 is 0 Å². The van der Waals surface area contributed by atoms with Gasteiger partial charge >= 0.3 is 0 Å². The number of morpholine rings is 1. The zero-order chi connectivity index (χ0) is 23.3. The van der Waals surface area contributed by atoms with Crippen molar-refractivity contribution in [2.24, 2.45) is 0 Å². The number of carbonyl (C=O) groups excluding carboxylic acids is 3. The van der Waals surface area contributed by atoms with Crippen LogP contribution in [0.1, 0.15) is 40.2 Å². The van der Waals surface area contributed by atoms with Crippen LogP contribution in [-0.2, 0) is 20.9 Å². The third-order valence-electron chi connectivity index (χ3n) is 6.70. The summed E-state index contributed by atoms with van der Waals surface area (Å²) in [6.07, 6.45) is -0.236. The van der Waals surface area contributed by atoms with Crippen molar-refractivity contribution in [1.82, 2.24) is 14.4 Å². The number of ether oxygens (including phenoxy) is 1. The Bertz CT molecular complexity index is 1280. The molecule has 7 heteroatoms. The Balaban J connectivity index is 1.36.